The maximum absolute atomic E-state index is 10.8. The van der Waals surface area contributed by atoms with Crippen molar-refractivity contribution in [2.75, 3.05) is 5.73 Å². The number of rotatable bonds is 4. The molecule has 7 nitrogen and oxygen atoms in total. The monoisotopic (exact) mass is 248 g/mol. The number of nitrogens with two attached hydrogens (primary N) is 1. The predicted octanol–water partition coefficient (Wildman–Crippen LogP) is 0.674. The summed E-state index contributed by atoms with van der Waals surface area (Å²) in [6, 6.07) is 4.30. The fourth-order valence-electron chi connectivity index (χ4n) is 1.41. The van der Waals surface area contributed by atoms with Crippen LogP contribution in [-0.2, 0) is 13.7 Å². The molecule has 0 radical (unpaired) electrons. The van der Waals surface area contributed by atoms with Crippen molar-refractivity contribution in [2.45, 2.75) is 6.61 Å². The van der Waals surface area contributed by atoms with Crippen LogP contribution in [0.1, 0.15) is 16.1 Å². The van der Waals surface area contributed by atoms with E-state index in [1.54, 1.807) is 17.9 Å². The molecule has 2 rings (SSSR count). The Balaban J connectivity index is 2.13. The quantitative estimate of drug-likeness (QED) is 0.771. The Labute approximate surface area is 103 Å². The minimum atomic E-state index is -1.03. The molecule has 7 heteroatoms. The first kappa shape index (κ1) is 11.9. The summed E-state index contributed by atoms with van der Waals surface area (Å²) in [6.45, 7) is 0.182. The van der Waals surface area contributed by atoms with E-state index in [2.05, 4.69) is 10.3 Å². The fraction of sp³-hybridized carbons (Fsp3) is 0.182. The summed E-state index contributed by atoms with van der Waals surface area (Å²) in [4.78, 5) is 10.8. The molecule has 1 heterocycles. The largest absolute Gasteiger partial charge is 0.485 e. The molecule has 2 aromatic rings. The molecule has 0 unspecified atom stereocenters. The number of hydrogen-bond donors (Lipinski definition) is 2. The van der Waals surface area contributed by atoms with Crippen LogP contribution in [0.3, 0.4) is 0 Å². The number of carbonyl (C=O) groups is 1. The van der Waals surface area contributed by atoms with Gasteiger partial charge in [-0.15, -0.1) is 5.10 Å². The Morgan fingerprint density at radius 2 is 2.33 bits per heavy atom. The molecule has 0 spiro atoms. The summed E-state index contributed by atoms with van der Waals surface area (Å²) in [6.07, 6.45) is 1.71. The molecular weight excluding hydrogens is 236 g/mol. The van der Waals surface area contributed by atoms with Crippen LogP contribution in [0.15, 0.2) is 24.4 Å². The second-order valence-corrected chi connectivity index (χ2v) is 3.73. The molecule has 0 fully saturated rings. The van der Waals surface area contributed by atoms with Crippen molar-refractivity contribution < 1.29 is 14.6 Å². The molecule has 0 saturated carbocycles. The van der Waals surface area contributed by atoms with Gasteiger partial charge in [0.1, 0.15) is 18.1 Å². The minimum absolute atomic E-state index is 0.123. The number of hydrogen-bond acceptors (Lipinski definition) is 5. The predicted molar refractivity (Wildman–Crippen MR) is 63.1 cm³/mol. The van der Waals surface area contributed by atoms with Crippen LogP contribution in [0.25, 0.3) is 0 Å². The van der Waals surface area contributed by atoms with Crippen molar-refractivity contribution >= 4 is 11.7 Å². The Bertz CT molecular complexity index is 579. The van der Waals surface area contributed by atoms with Gasteiger partial charge in [0.2, 0.25) is 0 Å². The van der Waals surface area contributed by atoms with Crippen LogP contribution in [0, 0.1) is 0 Å². The number of carboxylic acid groups (broad SMARTS) is 1. The van der Waals surface area contributed by atoms with Crippen molar-refractivity contribution in [3.63, 3.8) is 0 Å². The smallest absolute Gasteiger partial charge is 0.335 e. The number of anilines is 1. The lowest BCUT2D eigenvalue weighted by atomic mass is 10.2. The average molecular weight is 248 g/mol. The zero-order valence-electron chi connectivity index (χ0n) is 9.70. The molecule has 94 valence electrons. The Hall–Kier alpha value is -2.57. The number of benzene rings is 1. The average Bonchev–Trinajstić information content (AvgIpc) is 2.74. The topological polar surface area (TPSA) is 103 Å². The first-order valence-electron chi connectivity index (χ1n) is 5.17. The van der Waals surface area contributed by atoms with E-state index >= 15 is 0 Å². The zero-order valence-corrected chi connectivity index (χ0v) is 9.70. The third-order valence-corrected chi connectivity index (χ3v) is 2.29. The summed E-state index contributed by atoms with van der Waals surface area (Å²) in [5, 5.41) is 16.5. The molecule has 0 aliphatic heterocycles. The van der Waals surface area contributed by atoms with Crippen molar-refractivity contribution in [2.24, 2.45) is 7.05 Å². The van der Waals surface area contributed by atoms with Gasteiger partial charge in [0.25, 0.3) is 0 Å². The van der Waals surface area contributed by atoms with Gasteiger partial charge in [0.15, 0.2) is 0 Å². The number of carboxylic acids is 1. The molecule has 18 heavy (non-hydrogen) atoms. The molecule has 3 N–H and O–H groups in total. The van der Waals surface area contributed by atoms with E-state index < -0.39 is 5.97 Å². The van der Waals surface area contributed by atoms with Crippen LogP contribution >= 0.6 is 0 Å². The molecule has 0 aliphatic rings. The maximum atomic E-state index is 10.8. The van der Waals surface area contributed by atoms with E-state index in [0.29, 0.717) is 17.1 Å². The first-order valence-corrected chi connectivity index (χ1v) is 5.17. The molecule has 0 aliphatic carbocycles. The van der Waals surface area contributed by atoms with E-state index in [9.17, 15) is 4.79 Å². The van der Waals surface area contributed by atoms with Crippen LogP contribution in [0.2, 0.25) is 0 Å². The van der Waals surface area contributed by atoms with Crippen LogP contribution < -0.4 is 10.5 Å². The molecule has 0 saturated heterocycles. The van der Waals surface area contributed by atoms with Crippen LogP contribution in [0.5, 0.6) is 5.75 Å². The number of ether oxygens (including phenoxy) is 1. The standard InChI is InChI=1S/C11H12N4O3/c1-15-5-8(13-14-15)6-18-10-4-7(11(16)17)2-3-9(10)12/h2-5H,6,12H2,1H3,(H,16,17). The number of aromatic nitrogens is 3. The third kappa shape index (κ3) is 2.57. The van der Waals surface area contributed by atoms with Crippen molar-refractivity contribution in [1.29, 1.82) is 0 Å². The van der Waals surface area contributed by atoms with E-state index in [0.717, 1.165) is 0 Å². The Kier molecular flexibility index (Phi) is 3.13. The van der Waals surface area contributed by atoms with Gasteiger partial charge in [-0.1, -0.05) is 5.21 Å². The third-order valence-electron chi connectivity index (χ3n) is 2.29. The number of aromatic carboxylic acids is 1. The van der Waals surface area contributed by atoms with Gasteiger partial charge < -0.3 is 15.6 Å². The molecule has 1 aromatic heterocycles. The van der Waals surface area contributed by atoms with Gasteiger partial charge in [0, 0.05) is 7.05 Å². The van der Waals surface area contributed by atoms with Gasteiger partial charge >= 0.3 is 5.97 Å². The van der Waals surface area contributed by atoms with Crippen molar-refractivity contribution in [3.8, 4) is 5.75 Å². The van der Waals surface area contributed by atoms with Crippen LogP contribution in [-0.4, -0.2) is 26.1 Å². The number of nitrogens with zero attached hydrogens (tertiary/aromatic N) is 3. The summed E-state index contributed by atoms with van der Waals surface area (Å²) < 4.78 is 6.97. The second kappa shape index (κ2) is 4.74. The van der Waals surface area contributed by atoms with Crippen molar-refractivity contribution in [1.82, 2.24) is 15.0 Å². The van der Waals surface area contributed by atoms with E-state index in [1.165, 1.54) is 18.2 Å². The lowest BCUT2D eigenvalue weighted by Crippen LogP contribution is -2.02. The molecular formula is C11H12N4O3. The minimum Gasteiger partial charge on any atom is -0.485 e. The van der Waals surface area contributed by atoms with Gasteiger partial charge in [-0.3, -0.25) is 4.68 Å². The summed E-state index contributed by atoms with van der Waals surface area (Å²) >= 11 is 0. The van der Waals surface area contributed by atoms with Gasteiger partial charge in [-0.05, 0) is 18.2 Å². The summed E-state index contributed by atoms with van der Waals surface area (Å²) in [7, 11) is 1.75. The summed E-state index contributed by atoms with van der Waals surface area (Å²) in [5.74, 6) is -0.708. The zero-order chi connectivity index (χ0) is 13.1. The highest BCUT2D eigenvalue weighted by Gasteiger charge is 2.08. The highest BCUT2D eigenvalue weighted by atomic mass is 16.5. The SMILES string of the molecule is Cn1cc(COc2cc(C(=O)O)ccc2N)nn1. The highest BCUT2D eigenvalue weighted by molar-refractivity contribution is 5.89. The Morgan fingerprint density at radius 3 is 2.94 bits per heavy atom. The lowest BCUT2D eigenvalue weighted by Gasteiger charge is -2.07. The van der Waals surface area contributed by atoms with Crippen LogP contribution in [0.4, 0.5) is 5.69 Å². The van der Waals surface area contributed by atoms with E-state index in [1.807, 2.05) is 0 Å². The fourth-order valence-corrected chi connectivity index (χ4v) is 1.41. The number of nitrogen functional groups attached to an aromatic ring is 1. The molecule has 0 atom stereocenters. The summed E-state index contributed by atoms with van der Waals surface area (Å²) in [5.41, 5.74) is 6.84. The van der Waals surface area contributed by atoms with Crippen molar-refractivity contribution in [3.05, 3.63) is 35.7 Å². The molecule has 0 amide bonds. The van der Waals surface area contributed by atoms with E-state index in [4.69, 9.17) is 15.6 Å². The van der Waals surface area contributed by atoms with E-state index in [-0.39, 0.29) is 12.2 Å². The Morgan fingerprint density at radius 1 is 1.56 bits per heavy atom. The maximum Gasteiger partial charge on any atom is 0.335 e. The highest BCUT2D eigenvalue weighted by Crippen LogP contribution is 2.23. The normalized spacial score (nSPS) is 10.3. The molecule has 0 bridgehead atoms. The van der Waals surface area contributed by atoms with Gasteiger partial charge in [-0.2, -0.15) is 0 Å². The first-order chi connectivity index (χ1) is 8.56. The lowest BCUT2D eigenvalue weighted by molar-refractivity contribution is 0.0696. The number of aryl methyl sites for hydroxylation is 1. The second-order valence-electron chi connectivity index (χ2n) is 3.73. The van der Waals surface area contributed by atoms with Gasteiger partial charge in [0.05, 0.1) is 17.4 Å². The van der Waals surface area contributed by atoms with Gasteiger partial charge in [-0.25, -0.2) is 4.79 Å². The molecule has 1 aromatic carbocycles.